The minimum absolute atomic E-state index is 0.0898. The van der Waals surface area contributed by atoms with Gasteiger partial charge in [0, 0.05) is 43.4 Å². The van der Waals surface area contributed by atoms with Gasteiger partial charge in [0.1, 0.15) is 0 Å². The van der Waals surface area contributed by atoms with Crippen LogP contribution >= 0.6 is 11.6 Å². The van der Waals surface area contributed by atoms with Crippen LogP contribution in [0.25, 0.3) is 0 Å². The van der Waals surface area contributed by atoms with Crippen molar-refractivity contribution in [1.29, 1.82) is 0 Å². The highest BCUT2D eigenvalue weighted by molar-refractivity contribution is 7.89. The van der Waals surface area contributed by atoms with Gasteiger partial charge in [0.2, 0.25) is 15.9 Å². The minimum atomic E-state index is -3.40. The van der Waals surface area contributed by atoms with Crippen molar-refractivity contribution in [2.24, 2.45) is 0 Å². The predicted octanol–water partition coefficient (Wildman–Crippen LogP) is 2.46. The maximum Gasteiger partial charge on any atom is 0.224 e. The molecular weight excluding hydrogens is 410 g/mol. The molecule has 1 heterocycles. The molecule has 1 fully saturated rings. The van der Waals surface area contributed by atoms with E-state index in [1.807, 2.05) is 55.5 Å². The average molecular weight is 436 g/mol. The van der Waals surface area contributed by atoms with Gasteiger partial charge < -0.3 is 10.2 Å². The van der Waals surface area contributed by atoms with Crippen LogP contribution < -0.4 is 10.2 Å². The van der Waals surface area contributed by atoms with E-state index in [4.69, 9.17) is 11.6 Å². The van der Waals surface area contributed by atoms with Gasteiger partial charge in [-0.15, -0.1) is 0 Å². The third-order valence-corrected chi connectivity index (χ3v) is 7.08. The van der Waals surface area contributed by atoms with Crippen molar-refractivity contribution < 1.29 is 13.2 Å². The van der Waals surface area contributed by atoms with Crippen molar-refractivity contribution in [1.82, 2.24) is 9.62 Å². The molecule has 1 saturated heterocycles. The summed E-state index contributed by atoms with van der Waals surface area (Å²) in [5.74, 6) is -0.258. The Morgan fingerprint density at radius 3 is 2.41 bits per heavy atom. The van der Waals surface area contributed by atoms with Crippen molar-refractivity contribution >= 4 is 33.2 Å². The van der Waals surface area contributed by atoms with E-state index < -0.39 is 10.0 Å². The summed E-state index contributed by atoms with van der Waals surface area (Å²) in [6, 6.07) is 15.3. The Hall–Kier alpha value is -2.09. The number of nitrogens with zero attached hydrogens (tertiary/aromatic N) is 2. The van der Waals surface area contributed by atoms with Crippen molar-refractivity contribution in [2.75, 3.05) is 43.4 Å². The number of amides is 1. The second kappa shape index (κ2) is 9.61. The van der Waals surface area contributed by atoms with Crippen LogP contribution in [-0.4, -0.2) is 57.1 Å². The third kappa shape index (κ3) is 6.19. The Kier molecular flexibility index (Phi) is 7.16. The topological polar surface area (TPSA) is 69.7 Å². The molecule has 2 aromatic carbocycles. The van der Waals surface area contributed by atoms with Gasteiger partial charge in [-0.2, -0.15) is 4.31 Å². The molecule has 1 amide bonds. The lowest BCUT2D eigenvalue weighted by atomic mass is 10.1. The first-order chi connectivity index (χ1) is 13.8. The molecule has 0 radical (unpaired) electrons. The highest BCUT2D eigenvalue weighted by Crippen LogP contribution is 2.20. The molecule has 8 heteroatoms. The summed E-state index contributed by atoms with van der Waals surface area (Å²) >= 11 is 5.92. The summed E-state index contributed by atoms with van der Waals surface area (Å²) in [6.07, 6.45) is 0.251. The first-order valence-corrected chi connectivity index (χ1v) is 11.6. The number of rotatable bonds is 7. The van der Waals surface area contributed by atoms with E-state index in [2.05, 4.69) is 10.2 Å². The minimum Gasteiger partial charge on any atom is -0.369 e. The standard InChI is InChI=1S/C21H26ClN3O3S/c1-17-3-2-4-18(15-17)16-21(26)23-9-14-29(27,28)25-12-10-24(11-13-25)20-7-5-19(22)6-8-20/h2-8,15H,9-14,16H2,1H3,(H,23,26). The van der Waals surface area contributed by atoms with Gasteiger partial charge in [0.25, 0.3) is 0 Å². The van der Waals surface area contributed by atoms with Gasteiger partial charge in [-0.3, -0.25) is 4.79 Å². The summed E-state index contributed by atoms with van der Waals surface area (Å²) in [6.45, 7) is 4.20. The van der Waals surface area contributed by atoms with Gasteiger partial charge in [-0.05, 0) is 36.8 Å². The molecule has 2 aromatic rings. The van der Waals surface area contributed by atoms with Gasteiger partial charge in [0.05, 0.1) is 12.2 Å². The van der Waals surface area contributed by atoms with Crippen LogP contribution in [-0.2, 0) is 21.2 Å². The van der Waals surface area contributed by atoms with Crippen LogP contribution in [0, 0.1) is 6.92 Å². The molecule has 0 atom stereocenters. The maximum absolute atomic E-state index is 12.6. The first-order valence-electron chi connectivity index (χ1n) is 9.64. The first kappa shape index (κ1) is 21.6. The zero-order valence-corrected chi connectivity index (χ0v) is 18.0. The van der Waals surface area contributed by atoms with E-state index in [1.165, 1.54) is 4.31 Å². The van der Waals surface area contributed by atoms with Crippen molar-refractivity contribution in [3.8, 4) is 0 Å². The van der Waals surface area contributed by atoms with Gasteiger partial charge in [0.15, 0.2) is 0 Å². The summed E-state index contributed by atoms with van der Waals surface area (Å²) in [5.41, 5.74) is 3.05. The quantitative estimate of drug-likeness (QED) is 0.725. The number of halogens is 1. The molecule has 0 saturated carbocycles. The molecule has 0 aromatic heterocycles. The number of hydrogen-bond donors (Lipinski definition) is 1. The monoisotopic (exact) mass is 435 g/mol. The van der Waals surface area contributed by atoms with Crippen LogP contribution in [0.4, 0.5) is 5.69 Å². The Balaban J connectivity index is 1.44. The van der Waals surface area contributed by atoms with E-state index in [-0.39, 0.29) is 24.6 Å². The van der Waals surface area contributed by atoms with Crippen LogP contribution in [0.15, 0.2) is 48.5 Å². The number of nitrogens with one attached hydrogen (secondary N) is 1. The molecule has 6 nitrogen and oxygen atoms in total. The lowest BCUT2D eigenvalue weighted by Gasteiger charge is -2.35. The third-order valence-electron chi connectivity index (χ3n) is 4.95. The molecule has 0 unspecified atom stereocenters. The maximum atomic E-state index is 12.6. The summed E-state index contributed by atoms with van der Waals surface area (Å²) in [7, 11) is -3.40. The van der Waals surface area contributed by atoms with Crippen LogP contribution in [0.2, 0.25) is 5.02 Å². The van der Waals surface area contributed by atoms with Crippen molar-refractivity contribution in [2.45, 2.75) is 13.3 Å². The Morgan fingerprint density at radius 1 is 1.07 bits per heavy atom. The number of anilines is 1. The van der Waals surface area contributed by atoms with E-state index in [1.54, 1.807) is 0 Å². The number of benzene rings is 2. The number of carbonyl (C=O) groups excluding carboxylic acids is 1. The molecule has 1 aliphatic rings. The molecule has 29 heavy (non-hydrogen) atoms. The van der Waals surface area contributed by atoms with Gasteiger partial charge in [-0.1, -0.05) is 41.4 Å². The molecule has 0 bridgehead atoms. The van der Waals surface area contributed by atoms with E-state index >= 15 is 0 Å². The number of sulfonamides is 1. The summed E-state index contributed by atoms with van der Waals surface area (Å²) in [4.78, 5) is 14.2. The van der Waals surface area contributed by atoms with Gasteiger partial charge in [-0.25, -0.2) is 8.42 Å². The fourth-order valence-electron chi connectivity index (χ4n) is 3.39. The van der Waals surface area contributed by atoms with Crippen molar-refractivity contribution in [3.63, 3.8) is 0 Å². The highest BCUT2D eigenvalue weighted by atomic mass is 35.5. The number of carbonyl (C=O) groups is 1. The molecule has 0 aliphatic carbocycles. The van der Waals surface area contributed by atoms with Crippen LogP contribution in [0.3, 0.4) is 0 Å². The SMILES string of the molecule is Cc1cccc(CC(=O)NCCS(=O)(=O)N2CCN(c3ccc(Cl)cc3)CC2)c1. The second-order valence-corrected chi connectivity index (χ2v) is 9.72. The predicted molar refractivity (Wildman–Crippen MR) is 117 cm³/mol. The Bertz CT molecular complexity index is 940. The number of hydrogen-bond acceptors (Lipinski definition) is 4. The lowest BCUT2D eigenvalue weighted by Crippen LogP contribution is -2.50. The Morgan fingerprint density at radius 2 is 1.76 bits per heavy atom. The summed E-state index contributed by atoms with van der Waals surface area (Å²) in [5, 5.41) is 3.40. The van der Waals surface area contributed by atoms with Gasteiger partial charge >= 0.3 is 0 Å². The van der Waals surface area contributed by atoms with E-state index in [9.17, 15) is 13.2 Å². The van der Waals surface area contributed by atoms with Crippen LogP contribution in [0.5, 0.6) is 0 Å². The molecule has 3 rings (SSSR count). The molecular formula is C21H26ClN3O3S. The summed E-state index contributed by atoms with van der Waals surface area (Å²) < 4.78 is 26.7. The fourth-order valence-corrected chi connectivity index (χ4v) is 4.86. The van der Waals surface area contributed by atoms with E-state index in [0.717, 1.165) is 16.8 Å². The molecule has 156 valence electrons. The smallest absolute Gasteiger partial charge is 0.224 e. The van der Waals surface area contributed by atoms with Crippen LogP contribution in [0.1, 0.15) is 11.1 Å². The molecule has 1 N–H and O–H groups in total. The van der Waals surface area contributed by atoms with E-state index in [0.29, 0.717) is 31.2 Å². The number of piperazine rings is 1. The fraction of sp³-hybridized carbons (Fsp3) is 0.381. The zero-order valence-electron chi connectivity index (χ0n) is 16.5. The lowest BCUT2D eigenvalue weighted by molar-refractivity contribution is -0.120. The molecule has 0 spiro atoms. The largest absolute Gasteiger partial charge is 0.369 e. The zero-order chi connectivity index (χ0) is 20.9. The average Bonchev–Trinajstić information content (AvgIpc) is 2.68. The number of aryl methyl sites for hydroxylation is 1. The highest BCUT2D eigenvalue weighted by Gasteiger charge is 2.26. The molecule has 1 aliphatic heterocycles. The normalized spacial score (nSPS) is 15.3. The second-order valence-electron chi connectivity index (χ2n) is 7.19. The Labute approximate surface area is 177 Å². The van der Waals surface area contributed by atoms with Crippen molar-refractivity contribution in [3.05, 3.63) is 64.7 Å².